The van der Waals surface area contributed by atoms with E-state index in [0.717, 1.165) is 44.4 Å². The van der Waals surface area contributed by atoms with Gasteiger partial charge in [-0.05, 0) is 43.3 Å². The molecule has 0 amide bonds. The second-order valence-corrected chi connectivity index (χ2v) is 8.25. The lowest BCUT2D eigenvalue weighted by molar-refractivity contribution is 0.726. The van der Waals surface area contributed by atoms with Crippen molar-refractivity contribution in [1.82, 2.24) is 19.7 Å². The van der Waals surface area contributed by atoms with E-state index in [4.69, 9.17) is 10.7 Å². The van der Waals surface area contributed by atoms with E-state index in [2.05, 4.69) is 57.9 Å². The van der Waals surface area contributed by atoms with Gasteiger partial charge in [-0.15, -0.1) is 11.3 Å². The number of aromatic nitrogens is 4. The maximum atomic E-state index is 6.07. The van der Waals surface area contributed by atoms with Gasteiger partial charge >= 0.3 is 0 Å². The minimum Gasteiger partial charge on any atom is -0.383 e. The number of thiophene rings is 1. The van der Waals surface area contributed by atoms with Crippen LogP contribution in [0.15, 0.2) is 47.5 Å². The van der Waals surface area contributed by atoms with Crippen LogP contribution in [0, 0.1) is 20.8 Å². The van der Waals surface area contributed by atoms with Gasteiger partial charge in [0.15, 0.2) is 5.65 Å². The van der Waals surface area contributed by atoms with Gasteiger partial charge in [-0.3, -0.25) is 4.90 Å². The van der Waals surface area contributed by atoms with E-state index < -0.39 is 0 Å². The second kappa shape index (κ2) is 6.77. The highest BCUT2D eigenvalue weighted by Gasteiger charge is 2.29. The van der Waals surface area contributed by atoms with Crippen LogP contribution in [0.3, 0.4) is 0 Å². The lowest BCUT2D eigenvalue weighted by atomic mass is 10.1. The molecule has 3 aromatic heterocycles. The Hall–Kier alpha value is -3.52. The van der Waals surface area contributed by atoms with E-state index in [-0.39, 0.29) is 0 Å². The zero-order valence-electron chi connectivity index (χ0n) is 17.0. The fraction of sp³-hybridized carbons (Fsp3) is 0.182. The summed E-state index contributed by atoms with van der Waals surface area (Å²) < 4.78 is 1.84. The summed E-state index contributed by atoms with van der Waals surface area (Å²) >= 11 is 1.63. The first-order chi connectivity index (χ1) is 14.5. The minimum atomic E-state index is 0.435. The molecule has 2 N–H and O–H groups in total. The number of aryl methyl sites for hydroxylation is 3. The first-order valence-corrected chi connectivity index (χ1v) is 10.5. The SMILES string of the molecule is C=C1c2c(C)csc2N=C(Cn2nc(C)c3c(N)ncnc32)N1c1ccccc1C. The normalized spacial score (nSPS) is 13.6. The van der Waals surface area contributed by atoms with Crippen LogP contribution in [0.1, 0.15) is 22.4 Å². The standard InChI is InChI=1S/C22H21N7S/c1-12-7-5-6-8-16(12)29-15(4)18-13(2)10-30-22(18)26-17(29)9-28-21-19(14(3)27-28)20(23)24-11-25-21/h5-8,10-11H,4,9H2,1-3H3,(H2,23,24,25). The van der Waals surface area contributed by atoms with Crippen LogP contribution in [0.5, 0.6) is 0 Å². The third kappa shape index (κ3) is 2.72. The number of amidine groups is 1. The van der Waals surface area contributed by atoms with Crippen molar-refractivity contribution in [3.63, 3.8) is 0 Å². The van der Waals surface area contributed by atoms with E-state index in [1.54, 1.807) is 11.3 Å². The van der Waals surface area contributed by atoms with Crippen LogP contribution in [-0.2, 0) is 6.54 Å². The van der Waals surface area contributed by atoms with Crippen molar-refractivity contribution in [3.8, 4) is 0 Å². The highest BCUT2D eigenvalue weighted by atomic mass is 32.1. The molecule has 0 saturated heterocycles. The largest absolute Gasteiger partial charge is 0.383 e. The molecule has 1 aliphatic heterocycles. The average Bonchev–Trinajstić information content (AvgIpc) is 3.24. The topological polar surface area (TPSA) is 85.2 Å². The Morgan fingerprint density at radius 1 is 1.10 bits per heavy atom. The monoisotopic (exact) mass is 415 g/mol. The van der Waals surface area contributed by atoms with Crippen molar-refractivity contribution >= 4 is 50.4 Å². The van der Waals surface area contributed by atoms with Crippen LogP contribution in [-0.4, -0.2) is 25.6 Å². The number of anilines is 2. The molecule has 0 atom stereocenters. The van der Waals surface area contributed by atoms with Crippen LogP contribution < -0.4 is 10.6 Å². The number of fused-ring (bicyclic) bond motifs is 2. The molecule has 8 heteroatoms. The van der Waals surface area contributed by atoms with Crippen molar-refractivity contribution in [3.05, 3.63) is 64.9 Å². The van der Waals surface area contributed by atoms with Crippen molar-refractivity contribution in [2.45, 2.75) is 27.3 Å². The van der Waals surface area contributed by atoms with Crippen molar-refractivity contribution in [2.24, 2.45) is 4.99 Å². The van der Waals surface area contributed by atoms with Gasteiger partial charge in [0.2, 0.25) is 0 Å². The number of nitrogens with zero attached hydrogens (tertiary/aromatic N) is 6. The van der Waals surface area contributed by atoms with Gasteiger partial charge in [-0.2, -0.15) is 5.10 Å². The second-order valence-electron chi connectivity index (χ2n) is 7.40. The maximum Gasteiger partial charge on any atom is 0.164 e. The predicted molar refractivity (Wildman–Crippen MR) is 123 cm³/mol. The number of rotatable bonds is 3. The number of hydrogen-bond donors (Lipinski definition) is 1. The molecule has 1 aromatic carbocycles. The maximum absolute atomic E-state index is 6.07. The zero-order chi connectivity index (χ0) is 21.0. The molecular formula is C22H21N7S. The molecule has 7 nitrogen and oxygen atoms in total. The Kier molecular flexibility index (Phi) is 4.18. The van der Waals surface area contributed by atoms with E-state index in [9.17, 15) is 0 Å². The van der Waals surface area contributed by atoms with Crippen LogP contribution >= 0.6 is 11.3 Å². The lowest BCUT2D eigenvalue weighted by Gasteiger charge is -2.32. The first kappa shape index (κ1) is 18.5. The van der Waals surface area contributed by atoms with Gasteiger partial charge in [0.05, 0.1) is 22.5 Å². The van der Waals surface area contributed by atoms with Crippen LogP contribution in [0.2, 0.25) is 0 Å². The number of hydrogen-bond acceptors (Lipinski definition) is 7. The molecule has 0 bridgehead atoms. The Bertz CT molecular complexity index is 1350. The summed E-state index contributed by atoms with van der Waals surface area (Å²) in [4.78, 5) is 15.7. The van der Waals surface area contributed by atoms with Gasteiger partial charge in [0.25, 0.3) is 0 Å². The summed E-state index contributed by atoms with van der Waals surface area (Å²) in [5, 5.41) is 8.56. The summed E-state index contributed by atoms with van der Waals surface area (Å²) in [5.41, 5.74) is 13.0. The molecule has 0 fully saturated rings. The Morgan fingerprint density at radius 3 is 2.70 bits per heavy atom. The first-order valence-electron chi connectivity index (χ1n) is 9.60. The summed E-state index contributed by atoms with van der Waals surface area (Å²) in [6, 6.07) is 8.26. The lowest BCUT2D eigenvalue weighted by Crippen LogP contribution is -2.35. The summed E-state index contributed by atoms with van der Waals surface area (Å²) in [6.07, 6.45) is 1.47. The predicted octanol–water partition coefficient (Wildman–Crippen LogP) is 4.62. The van der Waals surface area contributed by atoms with E-state index in [1.165, 1.54) is 11.9 Å². The van der Waals surface area contributed by atoms with E-state index >= 15 is 0 Å². The van der Waals surface area contributed by atoms with Crippen LogP contribution in [0.4, 0.5) is 16.5 Å². The molecule has 150 valence electrons. The molecule has 4 heterocycles. The zero-order valence-corrected chi connectivity index (χ0v) is 17.9. The van der Waals surface area contributed by atoms with Crippen molar-refractivity contribution in [1.29, 1.82) is 0 Å². The molecule has 0 spiro atoms. The van der Waals surface area contributed by atoms with Gasteiger partial charge < -0.3 is 5.73 Å². The Balaban J connectivity index is 1.69. The molecule has 0 unspecified atom stereocenters. The fourth-order valence-electron chi connectivity index (χ4n) is 3.96. The molecule has 0 saturated carbocycles. The van der Waals surface area contributed by atoms with Gasteiger partial charge in [0, 0.05) is 5.56 Å². The minimum absolute atomic E-state index is 0.435. The van der Waals surface area contributed by atoms with Crippen molar-refractivity contribution in [2.75, 3.05) is 10.6 Å². The fourth-order valence-corrected chi connectivity index (χ4v) is 4.92. The van der Waals surface area contributed by atoms with Gasteiger partial charge in [-0.25, -0.2) is 19.6 Å². The van der Waals surface area contributed by atoms with E-state index in [0.29, 0.717) is 18.0 Å². The number of nitrogens with two attached hydrogens (primary N) is 1. The van der Waals surface area contributed by atoms with Crippen LogP contribution in [0.25, 0.3) is 16.7 Å². The number of aliphatic imine (C=N–C) groups is 1. The third-order valence-corrected chi connectivity index (χ3v) is 6.37. The third-order valence-electron chi connectivity index (χ3n) is 5.38. The van der Waals surface area contributed by atoms with Gasteiger partial charge in [0.1, 0.15) is 29.5 Å². The smallest absolute Gasteiger partial charge is 0.164 e. The number of nitrogen functional groups attached to an aromatic ring is 1. The average molecular weight is 416 g/mol. The molecule has 5 rings (SSSR count). The Labute approximate surface area is 178 Å². The number of para-hydroxylation sites is 1. The van der Waals surface area contributed by atoms with E-state index in [1.807, 2.05) is 23.7 Å². The summed E-state index contributed by atoms with van der Waals surface area (Å²) in [6.45, 7) is 11.0. The molecular weight excluding hydrogens is 394 g/mol. The van der Waals surface area contributed by atoms with Gasteiger partial charge in [-0.1, -0.05) is 24.8 Å². The Morgan fingerprint density at radius 2 is 1.90 bits per heavy atom. The number of benzene rings is 1. The van der Waals surface area contributed by atoms with Crippen molar-refractivity contribution < 1.29 is 0 Å². The molecule has 30 heavy (non-hydrogen) atoms. The molecule has 0 radical (unpaired) electrons. The quantitative estimate of drug-likeness (QED) is 0.528. The molecule has 1 aliphatic rings. The molecule has 0 aliphatic carbocycles. The summed E-state index contributed by atoms with van der Waals surface area (Å²) in [5.74, 6) is 1.27. The highest BCUT2D eigenvalue weighted by Crippen LogP contribution is 2.43. The highest BCUT2D eigenvalue weighted by molar-refractivity contribution is 7.14. The molecule has 4 aromatic rings. The summed E-state index contributed by atoms with van der Waals surface area (Å²) in [7, 11) is 0.